The third kappa shape index (κ3) is 4.45. The molecule has 0 fully saturated rings. The van der Waals surface area contributed by atoms with Crippen LogP contribution in [0.15, 0.2) is 84.9 Å². The number of hydrogen-bond donors (Lipinski definition) is 3. The summed E-state index contributed by atoms with van der Waals surface area (Å²) in [5.74, 6) is -0.973. The van der Waals surface area contributed by atoms with Gasteiger partial charge in [-0.1, -0.05) is 90.5 Å². The molecule has 0 aromatic heterocycles. The number of carbonyl (C=O) groups is 1. The SMILES string of the molecule is Cc1ccc(C(c2ccccc2)(c2ccccc2)C(N)CCCC(N)C(=O)O)cc1. The first-order chi connectivity index (χ1) is 14.5. The van der Waals surface area contributed by atoms with E-state index in [1.54, 1.807) is 0 Å². The lowest BCUT2D eigenvalue weighted by Crippen LogP contribution is -2.47. The molecule has 0 aliphatic carbocycles. The molecule has 0 saturated carbocycles. The second-order valence-corrected chi connectivity index (χ2v) is 7.89. The monoisotopic (exact) mass is 402 g/mol. The van der Waals surface area contributed by atoms with Gasteiger partial charge in [-0.3, -0.25) is 4.79 Å². The minimum atomic E-state index is -0.973. The summed E-state index contributed by atoms with van der Waals surface area (Å²) >= 11 is 0. The zero-order valence-corrected chi connectivity index (χ0v) is 17.4. The van der Waals surface area contributed by atoms with Crippen LogP contribution < -0.4 is 11.5 Å². The number of carboxylic acid groups (broad SMARTS) is 1. The molecule has 4 nitrogen and oxygen atoms in total. The third-order valence-corrected chi connectivity index (χ3v) is 5.87. The van der Waals surface area contributed by atoms with Crippen LogP contribution in [0, 0.1) is 6.92 Å². The summed E-state index contributed by atoms with van der Waals surface area (Å²) in [7, 11) is 0. The zero-order chi connectivity index (χ0) is 21.6. The Morgan fingerprint density at radius 3 is 1.73 bits per heavy atom. The summed E-state index contributed by atoms with van der Waals surface area (Å²) in [4.78, 5) is 11.1. The van der Waals surface area contributed by atoms with Gasteiger partial charge in [0.25, 0.3) is 0 Å². The van der Waals surface area contributed by atoms with E-state index in [2.05, 4.69) is 55.5 Å². The van der Waals surface area contributed by atoms with Crippen molar-refractivity contribution < 1.29 is 9.90 Å². The molecule has 0 bridgehead atoms. The van der Waals surface area contributed by atoms with E-state index < -0.39 is 17.4 Å². The molecule has 3 aromatic carbocycles. The van der Waals surface area contributed by atoms with E-state index in [4.69, 9.17) is 16.6 Å². The predicted octanol–water partition coefficient (Wildman–Crippen LogP) is 4.24. The predicted molar refractivity (Wildman–Crippen MR) is 121 cm³/mol. The smallest absolute Gasteiger partial charge is 0.320 e. The van der Waals surface area contributed by atoms with E-state index in [-0.39, 0.29) is 6.04 Å². The molecule has 3 rings (SSSR count). The highest BCUT2D eigenvalue weighted by Gasteiger charge is 2.41. The Labute approximate surface area is 178 Å². The van der Waals surface area contributed by atoms with Gasteiger partial charge in [-0.05, 0) is 42.9 Å². The largest absolute Gasteiger partial charge is 0.480 e. The molecule has 0 spiro atoms. The van der Waals surface area contributed by atoms with Crippen molar-refractivity contribution >= 4 is 5.97 Å². The molecular formula is C26H30N2O2. The van der Waals surface area contributed by atoms with Crippen LogP contribution >= 0.6 is 0 Å². The Kier molecular flexibility index (Phi) is 7.03. The van der Waals surface area contributed by atoms with Gasteiger partial charge in [0.05, 0.1) is 5.41 Å². The van der Waals surface area contributed by atoms with Crippen molar-refractivity contribution in [1.82, 2.24) is 0 Å². The lowest BCUT2D eigenvalue weighted by molar-refractivity contribution is -0.138. The number of rotatable bonds is 9. The number of hydrogen-bond acceptors (Lipinski definition) is 3. The van der Waals surface area contributed by atoms with Crippen molar-refractivity contribution in [3.05, 3.63) is 107 Å². The van der Waals surface area contributed by atoms with Gasteiger partial charge in [0.1, 0.15) is 6.04 Å². The first-order valence-electron chi connectivity index (χ1n) is 10.4. The molecule has 30 heavy (non-hydrogen) atoms. The quantitative estimate of drug-likeness (QED) is 0.467. The van der Waals surface area contributed by atoms with Crippen molar-refractivity contribution in [1.29, 1.82) is 0 Å². The molecule has 5 N–H and O–H groups in total. The molecular weight excluding hydrogens is 372 g/mol. The summed E-state index contributed by atoms with van der Waals surface area (Å²) < 4.78 is 0. The Bertz CT molecular complexity index is 900. The Morgan fingerprint density at radius 1 is 0.800 bits per heavy atom. The van der Waals surface area contributed by atoms with Crippen molar-refractivity contribution in [3.63, 3.8) is 0 Å². The molecule has 156 valence electrons. The first-order valence-corrected chi connectivity index (χ1v) is 10.4. The van der Waals surface area contributed by atoms with E-state index in [1.165, 1.54) is 5.56 Å². The Balaban J connectivity index is 2.11. The van der Waals surface area contributed by atoms with Gasteiger partial charge in [0.2, 0.25) is 0 Å². The molecule has 4 heteroatoms. The first kappa shape index (κ1) is 21.8. The fraction of sp³-hybridized carbons (Fsp3) is 0.269. The number of carboxylic acids is 1. The zero-order valence-electron chi connectivity index (χ0n) is 17.4. The van der Waals surface area contributed by atoms with Crippen molar-refractivity contribution in [2.75, 3.05) is 0 Å². The topological polar surface area (TPSA) is 89.3 Å². The highest BCUT2D eigenvalue weighted by molar-refractivity contribution is 5.72. The maximum atomic E-state index is 11.1. The minimum absolute atomic E-state index is 0.258. The van der Waals surface area contributed by atoms with Crippen LogP contribution in [0.3, 0.4) is 0 Å². The summed E-state index contributed by atoms with van der Waals surface area (Å²) in [6, 6.07) is 28.0. The molecule has 2 atom stereocenters. The van der Waals surface area contributed by atoms with Gasteiger partial charge in [-0.2, -0.15) is 0 Å². The van der Waals surface area contributed by atoms with Gasteiger partial charge in [-0.15, -0.1) is 0 Å². The molecule has 0 radical (unpaired) electrons. The number of nitrogens with two attached hydrogens (primary N) is 2. The number of aryl methyl sites for hydroxylation is 1. The van der Waals surface area contributed by atoms with E-state index in [0.29, 0.717) is 19.3 Å². The maximum Gasteiger partial charge on any atom is 0.320 e. The van der Waals surface area contributed by atoms with Gasteiger partial charge < -0.3 is 16.6 Å². The van der Waals surface area contributed by atoms with Crippen LogP contribution in [0.2, 0.25) is 0 Å². The molecule has 3 aromatic rings. The second-order valence-electron chi connectivity index (χ2n) is 7.89. The van der Waals surface area contributed by atoms with E-state index in [1.807, 2.05) is 36.4 Å². The molecule has 0 saturated heterocycles. The lowest BCUT2D eigenvalue weighted by atomic mass is 9.64. The lowest BCUT2D eigenvalue weighted by Gasteiger charge is -2.41. The van der Waals surface area contributed by atoms with Gasteiger partial charge in [0.15, 0.2) is 0 Å². The van der Waals surface area contributed by atoms with Crippen LogP contribution in [0.5, 0.6) is 0 Å². The fourth-order valence-electron chi connectivity index (χ4n) is 4.26. The molecule has 0 aliphatic heterocycles. The van der Waals surface area contributed by atoms with E-state index in [0.717, 1.165) is 16.7 Å². The normalized spacial score (nSPS) is 13.6. The highest BCUT2D eigenvalue weighted by atomic mass is 16.4. The van der Waals surface area contributed by atoms with Gasteiger partial charge in [0, 0.05) is 6.04 Å². The van der Waals surface area contributed by atoms with E-state index >= 15 is 0 Å². The van der Waals surface area contributed by atoms with Crippen molar-refractivity contribution in [2.45, 2.75) is 43.7 Å². The average molecular weight is 403 g/mol. The average Bonchev–Trinajstić information content (AvgIpc) is 2.77. The molecule has 2 unspecified atom stereocenters. The third-order valence-electron chi connectivity index (χ3n) is 5.87. The summed E-state index contributed by atoms with van der Waals surface area (Å²) in [6.07, 6.45) is 1.69. The van der Waals surface area contributed by atoms with Gasteiger partial charge >= 0.3 is 5.97 Å². The molecule has 0 amide bonds. The Hall–Kier alpha value is -2.95. The van der Waals surface area contributed by atoms with Crippen LogP contribution in [0.1, 0.15) is 41.5 Å². The van der Waals surface area contributed by atoms with Crippen LogP contribution in [-0.4, -0.2) is 23.2 Å². The van der Waals surface area contributed by atoms with Crippen LogP contribution in [0.25, 0.3) is 0 Å². The number of benzene rings is 3. The second kappa shape index (κ2) is 9.70. The molecule has 0 aliphatic rings. The summed E-state index contributed by atoms with van der Waals surface area (Å²) in [6.45, 7) is 2.07. The van der Waals surface area contributed by atoms with Crippen molar-refractivity contribution in [2.24, 2.45) is 11.5 Å². The maximum absolute atomic E-state index is 11.1. The van der Waals surface area contributed by atoms with Crippen LogP contribution in [0.4, 0.5) is 0 Å². The molecule has 0 heterocycles. The standard InChI is InChI=1S/C26H30N2O2/c1-19-15-17-22(18-16-19)26(20-9-4-2-5-10-20,21-11-6-3-7-12-21)24(28)14-8-13-23(27)25(29)30/h2-7,9-12,15-18,23-24H,8,13-14,27-28H2,1H3,(H,29,30). The Morgan fingerprint density at radius 2 is 1.27 bits per heavy atom. The van der Waals surface area contributed by atoms with Crippen molar-refractivity contribution in [3.8, 4) is 0 Å². The van der Waals surface area contributed by atoms with Gasteiger partial charge in [-0.25, -0.2) is 0 Å². The summed E-state index contributed by atoms with van der Waals surface area (Å²) in [5, 5.41) is 9.11. The van der Waals surface area contributed by atoms with E-state index in [9.17, 15) is 4.79 Å². The fourth-order valence-corrected chi connectivity index (χ4v) is 4.26. The summed E-state index contributed by atoms with van der Waals surface area (Å²) in [5.41, 5.74) is 16.7. The minimum Gasteiger partial charge on any atom is -0.480 e. The van der Waals surface area contributed by atoms with Crippen LogP contribution in [-0.2, 0) is 10.2 Å². The highest BCUT2D eigenvalue weighted by Crippen LogP contribution is 2.43. The number of aliphatic carboxylic acids is 1.